The third kappa shape index (κ3) is 4.42. The monoisotopic (exact) mass is 425 g/mol. The van der Waals surface area contributed by atoms with Crippen molar-refractivity contribution in [3.63, 3.8) is 0 Å². The van der Waals surface area contributed by atoms with Crippen LogP contribution in [-0.4, -0.2) is 46.5 Å². The lowest BCUT2D eigenvalue weighted by Gasteiger charge is -2.31. The first-order valence-corrected chi connectivity index (χ1v) is 11.3. The van der Waals surface area contributed by atoms with E-state index in [4.69, 9.17) is 0 Å². The fourth-order valence-corrected chi connectivity index (χ4v) is 5.06. The predicted molar refractivity (Wildman–Crippen MR) is 111 cm³/mol. The molecular formula is C21H23N5O3S. The molecule has 0 saturated carbocycles. The Kier molecular flexibility index (Phi) is 5.91. The fraction of sp³-hybridized carbons (Fsp3) is 0.286. The van der Waals surface area contributed by atoms with Gasteiger partial charge in [-0.3, -0.25) is 4.79 Å². The number of sulfonamides is 1. The van der Waals surface area contributed by atoms with Gasteiger partial charge in [0.15, 0.2) is 5.82 Å². The number of nitrogens with one attached hydrogen (secondary N) is 1. The first-order chi connectivity index (χ1) is 14.5. The zero-order valence-corrected chi connectivity index (χ0v) is 17.2. The number of pyridine rings is 1. The van der Waals surface area contributed by atoms with Crippen LogP contribution in [0.4, 0.5) is 0 Å². The van der Waals surface area contributed by atoms with E-state index in [1.807, 2.05) is 24.4 Å². The van der Waals surface area contributed by atoms with Gasteiger partial charge in [-0.25, -0.2) is 18.1 Å². The standard InChI is InChI=1S/C21H23N5O3S/c27-21(23-15-17-9-10-20(22-14-17)26-13-5-11-24-26)18-6-4-12-25(16-18)30(28,29)19-7-2-1-3-8-19/h1-3,5,7-11,13-14,18H,4,6,12,15-16H2,(H,23,27)/t18-/m0/s1. The summed E-state index contributed by atoms with van der Waals surface area (Å²) in [6, 6.07) is 13.9. The number of hydrogen-bond donors (Lipinski definition) is 1. The number of benzene rings is 1. The summed E-state index contributed by atoms with van der Waals surface area (Å²) in [5.41, 5.74) is 0.865. The van der Waals surface area contributed by atoms with Crippen LogP contribution in [-0.2, 0) is 21.4 Å². The number of carbonyl (C=O) groups is 1. The largest absolute Gasteiger partial charge is 0.352 e. The van der Waals surface area contributed by atoms with E-state index >= 15 is 0 Å². The van der Waals surface area contributed by atoms with Crippen molar-refractivity contribution in [1.82, 2.24) is 24.4 Å². The molecular weight excluding hydrogens is 402 g/mol. The van der Waals surface area contributed by atoms with Crippen LogP contribution in [0.3, 0.4) is 0 Å². The Morgan fingerprint density at radius 1 is 1.13 bits per heavy atom. The second-order valence-corrected chi connectivity index (χ2v) is 9.15. The van der Waals surface area contributed by atoms with Gasteiger partial charge in [0.25, 0.3) is 0 Å². The van der Waals surface area contributed by atoms with Crippen molar-refractivity contribution in [2.24, 2.45) is 5.92 Å². The maximum absolute atomic E-state index is 12.8. The number of hydrogen-bond acceptors (Lipinski definition) is 5. The van der Waals surface area contributed by atoms with E-state index < -0.39 is 10.0 Å². The molecule has 1 N–H and O–H groups in total. The second-order valence-electron chi connectivity index (χ2n) is 7.21. The van der Waals surface area contributed by atoms with Gasteiger partial charge >= 0.3 is 0 Å². The van der Waals surface area contributed by atoms with E-state index in [9.17, 15) is 13.2 Å². The quantitative estimate of drug-likeness (QED) is 0.651. The summed E-state index contributed by atoms with van der Waals surface area (Å²) in [5, 5.41) is 7.04. The number of carbonyl (C=O) groups excluding carboxylic acids is 1. The highest BCUT2D eigenvalue weighted by Gasteiger charge is 2.33. The van der Waals surface area contributed by atoms with E-state index in [0.717, 1.165) is 5.56 Å². The number of amides is 1. The van der Waals surface area contributed by atoms with E-state index in [1.54, 1.807) is 47.4 Å². The van der Waals surface area contributed by atoms with Gasteiger partial charge in [0.2, 0.25) is 15.9 Å². The van der Waals surface area contributed by atoms with Gasteiger partial charge in [0, 0.05) is 38.2 Å². The average Bonchev–Trinajstić information content (AvgIpc) is 3.33. The summed E-state index contributed by atoms with van der Waals surface area (Å²) in [5.74, 6) is 0.191. The lowest BCUT2D eigenvalue weighted by molar-refractivity contribution is -0.126. The fourth-order valence-electron chi connectivity index (χ4n) is 3.51. The Balaban J connectivity index is 1.35. The molecule has 1 fully saturated rings. The minimum Gasteiger partial charge on any atom is -0.352 e. The molecule has 0 bridgehead atoms. The SMILES string of the molecule is O=C(NCc1ccc(-n2cccn2)nc1)[C@H]1CCCN(S(=O)(=O)c2ccccc2)C1. The van der Waals surface area contributed by atoms with Crippen LogP contribution in [0.25, 0.3) is 5.82 Å². The molecule has 1 aliphatic rings. The molecule has 1 aliphatic heterocycles. The highest BCUT2D eigenvalue weighted by atomic mass is 32.2. The first kappa shape index (κ1) is 20.2. The van der Waals surface area contributed by atoms with E-state index in [1.165, 1.54) is 4.31 Å². The van der Waals surface area contributed by atoms with Gasteiger partial charge in [-0.15, -0.1) is 0 Å². The van der Waals surface area contributed by atoms with Gasteiger partial charge < -0.3 is 5.32 Å². The van der Waals surface area contributed by atoms with E-state index in [-0.39, 0.29) is 23.3 Å². The zero-order chi connectivity index (χ0) is 21.0. The Morgan fingerprint density at radius 2 is 1.97 bits per heavy atom. The minimum atomic E-state index is -3.59. The lowest BCUT2D eigenvalue weighted by Crippen LogP contribution is -2.45. The van der Waals surface area contributed by atoms with Gasteiger partial charge in [-0.1, -0.05) is 24.3 Å². The van der Waals surface area contributed by atoms with Crippen molar-refractivity contribution >= 4 is 15.9 Å². The summed E-state index contributed by atoms with van der Waals surface area (Å²) in [6.07, 6.45) is 6.51. The van der Waals surface area contributed by atoms with Crippen LogP contribution >= 0.6 is 0 Å². The molecule has 1 atom stereocenters. The summed E-state index contributed by atoms with van der Waals surface area (Å²) in [4.78, 5) is 17.3. The smallest absolute Gasteiger partial charge is 0.243 e. The summed E-state index contributed by atoms with van der Waals surface area (Å²) in [7, 11) is -3.59. The number of aromatic nitrogens is 3. The maximum Gasteiger partial charge on any atom is 0.243 e. The van der Waals surface area contributed by atoms with Gasteiger partial charge in [-0.2, -0.15) is 9.40 Å². The highest BCUT2D eigenvalue weighted by molar-refractivity contribution is 7.89. The van der Waals surface area contributed by atoms with Gasteiger partial charge in [0.1, 0.15) is 0 Å². The summed E-state index contributed by atoms with van der Waals surface area (Å²) in [6.45, 7) is 0.965. The van der Waals surface area contributed by atoms with Crippen molar-refractivity contribution in [2.45, 2.75) is 24.3 Å². The number of rotatable bonds is 6. The topological polar surface area (TPSA) is 97.2 Å². The Hall–Kier alpha value is -3.04. The summed E-state index contributed by atoms with van der Waals surface area (Å²) < 4.78 is 28.8. The average molecular weight is 426 g/mol. The van der Waals surface area contributed by atoms with Crippen molar-refractivity contribution in [3.8, 4) is 5.82 Å². The summed E-state index contributed by atoms with van der Waals surface area (Å²) >= 11 is 0. The third-order valence-electron chi connectivity index (χ3n) is 5.15. The lowest BCUT2D eigenvalue weighted by atomic mass is 9.99. The maximum atomic E-state index is 12.8. The van der Waals surface area contributed by atoms with Crippen LogP contribution in [0.1, 0.15) is 18.4 Å². The molecule has 1 amide bonds. The Morgan fingerprint density at radius 3 is 2.67 bits per heavy atom. The zero-order valence-electron chi connectivity index (χ0n) is 16.4. The molecule has 3 aromatic rings. The Labute approximate surface area is 175 Å². The third-order valence-corrected chi connectivity index (χ3v) is 7.03. The second kappa shape index (κ2) is 8.76. The first-order valence-electron chi connectivity index (χ1n) is 9.82. The normalized spacial score (nSPS) is 17.5. The Bertz CT molecular complexity index is 1080. The van der Waals surface area contributed by atoms with Crippen LogP contribution in [0.5, 0.6) is 0 Å². The number of nitrogens with zero attached hydrogens (tertiary/aromatic N) is 4. The molecule has 1 saturated heterocycles. The molecule has 30 heavy (non-hydrogen) atoms. The molecule has 3 heterocycles. The van der Waals surface area contributed by atoms with Crippen LogP contribution < -0.4 is 5.32 Å². The van der Waals surface area contributed by atoms with Gasteiger partial charge in [-0.05, 0) is 42.7 Å². The van der Waals surface area contributed by atoms with Gasteiger partial charge in [0.05, 0.1) is 10.8 Å². The molecule has 0 spiro atoms. The predicted octanol–water partition coefficient (Wildman–Crippen LogP) is 1.98. The molecule has 0 radical (unpaired) electrons. The van der Waals surface area contributed by atoms with Crippen molar-refractivity contribution < 1.29 is 13.2 Å². The van der Waals surface area contributed by atoms with E-state index in [0.29, 0.717) is 31.7 Å². The van der Waals surface area contributed by atoms with Crippen molar-refractivity contribution in [3.05, 3.63) is 72.7 Å². The molecule has 2 aromatic heterocycles. The highest BCUT2D eigenvalue weighted by Crippen LogP contribution is 2.23. The van der Waals surface area contributed by atoms with Crippen molar-refractivity contribution in [1.29, 1.82) is 0 Å². The molecule has 8 nitrogen and oxygen atoms in total. The minimum absolute atomic E-state index is 0.140. The van der Waals surface area contributed by atoms with Crippen LogP contribution in [0, 0.1) is 5.92 Å². The number of piperidine rings is 1. The molecule has 1 aromatic carbocycles. The molecule has 9 heteroatoms. The van der Waals surface area contributed by atoms with Crippen LogP contribution in [0.2, 0.25) is 0 Å². The van der Waals surface area contributed by atoms with E-state index in [2.05, 4.69) is 15.4 Å². The molecule has 156 valence electrons. The molecule has 0 unspecified atom stereocenters. The molecule has 0 aliphatic carbocycles. The van der Waals surface area contributed by atoms with Crippen molar-refractivity contribution in [2.75, 3.05) is 13.1 Å². The van der Waals surface area contributed by atoms with Crippen LogP contribution in [0.15, 0.2) is 72.0 Å². The molecule has 4 rings (SSSR count).